The molecule has 1 saturated heterocycles. The molecule has 0 radical (unpaired) electrons. The van der Waals surface area contributed by atoms with Gasteiger partial charge in [0.1, 0.15) is 0 Å². The lowest BCUT2D eigenvalue weighted by atomic mass is 9.89. The number of pyridine rings is 1. The fraction of sp³-hybridized carbons (Fsp3) is 0.550. The van der Waals surface area contributed by atoms with E-state index in [9.17, 15) is 0 Å². The molecule has 2 atom stereocenters. The minimum absolute atomic E-state index is 0.0143. The van der Waals surface area contributed by atoms with Gasteiger partial charge in [0.05, 0.1) is 31.1 Å². The van der Waals surface area contributed by atoms with E-state index < -0.39 is 0 Å². The molecule has 2 aromatic rings. The molecule has 4 nitrogen and oxygen atoms in total. The number of rotatable bonds is 6. The molecule has 134 valence electrons. The number of hydrogen-bond donors (Lipinski definition) is 0. The molecule has 25 heavy (non-hydrogen) atoms. The van der Waals surface area contributed by atoms with Gasteiger partial charge in [0.15, 0.2) is 0 Å². The van der Waals surface area contributed by atoms with Crippen molar-refractivity contribution in [3.8, 4) is 0 Å². The van der Waals surface area contributed by atoms with Gasteiger partial charge in [-0.3, -0.25) is 9.88 Å². The predicted octanol–water partition coefficient (Wildman–Crippen LogP) is 3.73. The van der Waals surface area contributed by atoms with Crippen LogP contribution in [0.1, 0.15) is 29.8 Å². The third-order valence-corrected chi connectivity index (χ3v) is 6.30. The molecule has 2 aromatic heterocycles. The Morgan fingerprint density at radius 1 is 1.32 bits per heavy atom. The fourth-order valence-electron chi connectivity index (χ4n) is 4.18. The highest BCUT2D eigenvalue weighted by molar-refractivity contribution is 7.09. The molecule has 0 aromatic carbocycles. The van der Waals surface area contributed by atoms with Gasteiger partial charge in [0.2, 0.25) is 0 Å². The van der Waals surface area contributed by atoms with Crippen LogP contribution in [0.15, 0.2) is 41.9 Å². The Balaban J connectivity index is 1.34. The summed E-state index contributed by atoms with van der Waals surface area (Å²) in [5, 5.41) is 2.16. The highest BCUT2D eigenvalue weighted by Crippen LogP contribution is 2.41. The summed E-state index contributed by atoms with van der Waals surface area (Å²) in [4.78, 5) is 8.34. The van der Waals surface area contributed by atoms with Gasteiger partial charge >= 0.3 is 0 Å². The van der Waals surface area contributed by atoms with Crippen LogP contribution in [0.25, 0.3) is 0 Å². The topological polar surface area (TPSA) is 34.6 Å². The zero-order valence-corrected chi connectivity index (χ0v) is 15.4. The van der Waals surface area contributed by atoms with E-state index in [1.165, 1.54) is 17.7 Å². The van der Waals surface area contributed by atoms with Crippen LogP contribution in [0, 0.1) is 5.92 Å². The molecule has 0 unspecified atom stereocenters. The van der Waals surface area contributed by atoms with Crippen LogP contribution in [0.3, 0.4) is 0 Å². The lowest BCUT2D eigenvalue weighted by molar-refractivity contribution is -0.144. The van der Waals surface area contributed by atoms with Gasteiger partial charge in [-0.15, -0.1) is 11.3 Å². The molecular formula is C20H26N2O2S. The first-order valence-electron chi connectivity index (χ1n) is 9.20. The van der Waals surface area contributed by atoms with Gasteiger partial charge in [-0.05, 0) is 36.4 Å². The van der Waals surface area contributed by atoms with Crippen LogP contribution >= 0.6 is 11.3 Å². The number of hydrogen-bond acceptors (Lipinski definition) is 5. The largest absolute Gasteiger partial charge is 0.375 e. The molecule has 0 bridgehead atoms. The Morgan fingerprint density at radius 2 is 2.32 bits per heavy atom. The molecule has 4 rings (SSSR count). The molecule has 1 aliphatic heterocycles. The summed E-state index contributed by atoms with van der Waals surface area (Å²) in [6.45, 7) is 5.30. The van der Waals surface area contributed by atoms with Gasteiger partial charge in [-0.2, -0.15) is 0 Å². The average Bonchev–Trinajstić information content (AvgIpc) is 3.27. The summed E-state index contributed by atoms with van der Waals surface area (Å²) >= 11 is 1.85. The summed E-state index contributed by atoms with van der Waals surface area (Å²) in [6, 6.07) is 10.3. The summed E-state index contributed by atoms with van der Waals surface area (Å²) in [5.74, 6) is 0.488. The van der Waals surface area contributed by atoms with Crippen LogP contribution in [-0.2, 0) is 22.6 Å². The van der Waals surface area contributed by atoms with Crippen molar-refractivity contribution in [2.75, 3.05) is 26.3 Å². The van der Waals surface area contributed by atoms with Crippen molar-refractivity contribution in [2.24, 2.45) is 5.92 Å². The summed E-state index contributed by atoms with van der Waals surface area (Å²) in [5.41, 5.74) is 0.984. The minimum atomic E-state index is -0.0143. The van der Waals surface area contributed by atoms with E-state index in [-0.39, 0.29) is 5.60 Å². The molecule has 1 aliphatic carbocycles. The maximum atomic E-state index is 6.36. The standard InChI is InChI=1S/C20H26N2O2S/c1-2-9-21-18(6-1)15-23-14-17-5-3-8-20(17)16-22(10-11-24-20)13-19-7-4-12-25-19/h1-2,4,6-7,9,12,17H,3,5,8,10-11,13-16H2/t17-,20+/m0/s1. The lowest BCUT2D eigenvalue weighted by Crippen LogP contribution is -2.54. The van der Waals surface area contributed by atoms with Gasteiger partial charge in [-0.25, -0.2) is 0 Å². The van der Waals surface area contributed by atoms with Crippen molar-refractivity contribution in [3.05, 3.63) is 52.5 Å². The van der Waals surface area contributed by atoms with Gasteiger partial charge < -0.3 is 9.47 Å². The van der Waals surface area contributed by atoms with Crippen LogP contribution in [0.5, 0.6) is 0 Å². The Hall–Kier alpha value is -1.27. The number of thiophene rings is 1. The molecule has 1 spiro atoms. The van der Waals surface area contributed by atoms with Crippen LogP contribution in [0.4, 0.5) is 0 Å². The van der Waals surface area contributed by atoms with Crippen molar-refractivity contribution in [3.63, 3.8) is 0 Å². The Morgan fingerprint density at radius 3 is 3.16 bits per heavy atom. The second-order valence-corrected chi connectivity index (χ2v) is 8.16. The monoisotopic (exact) mass is 358 g/mol. The van der Waals surface area contributed by atoms with E-state index in [2.05, 4.69) is 27.4 Å². The van der Waals surface area contributed by atoms with Crippen LogP contribution in [0.2, 0.25) is 0 Å². The minimum Gasteiger partial charge on any atom is -0.375 e. The van der Waals surface area contributed by atoms with Crippen molar-refractivity contribution < 1.29 is 9.47 Å². The normalized spacial score (nSPS) is 27.1. The fourth-order valence-corrected chi connectivity index (χ4v) is 4.92. The maximum absolute atomic E-state index is 6.36. The van der Waals surface area contributed by atoms with Crippen LogP contribution in [-0.4, -0.2) is 41.8 Å². The summed E-state index contributed by atoms with van der Waals surface area (Å²) < 4.78 is 12.4. The first-order valence-corrected chi connectivity index (χ1v) is 10.1. The third kappa shape index (κ3) is 4.11. The van der Waals surface area contributed by atoms with Crippen molar-refractivity contribution >= 4 is 11.3 Å². The first kappa shape index (κ1) is 17.2. The van der Waals surface area contributed by atoms with E-state index in [0.717, 1.165) is 45.0 Å². The molecule has 5 heteroatoms. The lowest BCUT2D eigenvalue weighted by Gasteiger charge is -2.44. The van der Waals surface area contributed by atoms with Gasteiger partial charge in [-0.1, -0.05) is 18.6 Å². The average molecular weight is 359 g/mol. The molecule has 1 saturated carbocycles. The molecule has 0 N–H and O–H groups in total. The van der Waals surface area contributed by atoms with E-state index in [1.54, 1.807) is 0 Å². The van der Waals surface area contributed by atoms with E-state index in [1.807, 2.05) is 35.7 Å². The van der Waals surface area contributed by atoms with Gasteiger partial charge in [0.25, 0.3) is 0 Å². The third-order valence-electron chi connectivity index (χ3n) is 5.44. The summed E-state index contributed by atoms with van der Waals surface area (Å²) in [6.07, 6.45) is 5.42. The van der Waals surface area contributed by atoms with E-state index in [4.69, 9.17) is 9.47 Å². The van der Waals surface area contributed by atoms with Gasteiger partial charge in [0, 0.05) is 36.6 Å². The number of ether oxygens (including phenoxy) is 2. The number of nitrogens with zero attached hydrogens (tertiary/aromatic N) is 2. The maximum Gasteiger partial charge on any atom is 0.0887 e. The number of morpholine rings is 1. The second-order valence-electron chi connectivity index (χ2n) is 7.13. The Bertz CT molecular complexity index is 649. The molecule has 3 heterocycles. The molecule has 0 amide bonds. The van der Waals surface area contributed by atoms with Crippen molar-refractivity contribution in [1.29, 1.82) is 0 Å². The van der Waals surface area contributed by atoms with Crippen LogP contribution < -0.4 is 0 Å². The highest BCUT2D eigenvalue weighted by Gasteiger charge is 2.46. The molecule has 2 fully saturated rings. The second kappa shape index (κ2) is 7.96. The van der Waals surface area contributed by atoms with E-state index in [0.29, 0.717) is 12.5 Å². The smallest absolute Gasteiger partial charge is 0.0887 e. The Labute approximate surface area is 153 Å². The molecule has 2 aliphatic rings. The quantitative estimate of drug-likeness (QED) is 0.788. The molecular weight excluding hydrogens is 332 g/mol. The first-order chi connectivity index (χ1) is 12.3. The zero-order valence-electron chi connectivity index (χ0n) is 14.6. The van der Waals surface area contributed by atoms with Crippen molar-refractivity contribution in [2.45, 2.75) is 38.0 Å². The zero-order chi connectivity index (χ0) is 17.0. The highest BCUT2D eigenvalue weighted by atomic mass is 32.1. The number of aromatic nitrogens is 1. The van der Waals surface area contributed by atoms with E-state index >= 15 is 0 Å². The van der Waals surface area contributed by atoms with Crippen molar-refractivity contribution in [1.82, 2.24) is 9.88 Å². The summed E-state index contributed by atoms with van der Waals surface area (Å²) in [7, 11) is 0. The predicted molar refractivity (Wildman–Crippen MR) is 99.5 cm³/mol. The SMILES string of the molecule is c1ccc(COC[C@@H]2CCC[C@@]23CN(Cc2cccs2)CCO3)nc1. The Kier molecular flexibility index (Phi) is 5.46.